The zero-order valence-electron chi connectivity index (χ0n) is 12.5. The molecule has 2 rings (SSSR count). The van der Waals surface area contributed by atoms with Crippen molar-refractivity contribution in [2.45, 2.75) is 19.8 Å². The first-order valence-corrected chi connectivity index (χ1v) is 7.14. The van der Waals surface area contributed by atoms with Gasteiger partial charge in [-0.05, 0) is 24.5 Å². The standard InChI is InChI=1S/C15H21N5O/c1-3-6-17-14-5-7-16-10-13(14)15(21)18-8-4-12-9-19-20(2)11-12/h5,7,9-11H,3-4,6,8H2,1-2H3,(H,16,17)(H,18,21). The van der Waals surface area contributed by atoms with Crippen molar-refractivity contribution in [3.63, 3.8) is 0 Å². The monoisotopic (exact) mass is 287 g/mol. The first kappa shape index (κ1) is 15.0. The van der Waals surface area contributed by atoms with Gasteiger partial charge in [0, 0.05) is 38.7 Å². The number of carbonyl (C=O) groups is 1. The van der Waals surface area contributed by atoms with Gasteiger partial charge in [-0.3, -0.25) is 14.5 Å². The van der Waals surface area contributed by atoms with Gasteiger partial charge in [-0.25, -0.2) is 0 Å². The predicted molar refractivity (Wildman–Crippen MR) is 82.3 cm³/mol. The number of nitrogens with one attached hydrogen (secondary N) is 2. The summed E-state index contributed by atoms with van der Waals surface area (Å²) in [7, 11) is 1.88. The molecule has 0 unspecified atom stereocenters. The highest BCUT2D eigenvalue weighted by atomic mass is 16.1. The van der Waals surface area contributed by atoms with Gasteiger partial charge in [0.2, 0.25) is 0 Å². The van der Waals surface area contributed by atoms with Crippen molar-refractivity contribution in [3.05, 3.63) is 42.0 Å². The fraction of sp³-hybridized carbons (Fsp3) is 0.400. The van der Waals surface area contributed by atoms with Crippen LogP contribution in [0.3, 0.4) is 0 Å². The number of hydrogen-bond acceptors (Lipinski definition) is 4. The number of amides is 1. The van der Waals surface area contributed by atoms with E-state index in [4.69, 9.17) is 0 Å². The van der Waals surface area contributed by atoms with Crippen LogP contribution in [0, 0.1) is 0 Å². The Bertz CT molecular complexity index is 593. The molecule has 0 atom stereocenters. The quantitative estimate of drug-likeness (QED) is 0.811. The number of aromatic nitrogens is 3. The van der Waals surface area contributed by atoms with Crippen LogP contribution in [0.5, 0.6) is 0 Å². The van der Waals surface area contributed by atoms with Gasteiger partial charge in [0.15, 0.2) is 0 Å². The second-order valence-electron chi connectivity index (χ2n) is 4.88. The van der Waals surface area contributed by atoms with Crippen molar-refractivity contribution >= 4 is 11.6 Å². The molecule has 0 saturated carbocycles. The number of rotatable bonds is 7. The first-order chi connectivity index (χ1) is 10.2. The SMILES string of the molecule is CCCNc1ccncc1C(=O)NCCc1cnn(C)c1. The zero-order valence-corrected chi connectivity index (χ0v) is 12.5. The summed E-state index contributed by atoms with van der Waals surface area (Å²) in [5.74, 6) is -0.106. The highest BCUT2D eigenvalue weighted by molar-refractivity contribution is 5.99. The molecule has 0 radical (unpaired) electrons. The normalized spacial score (nSPS) is 10.4. The summed E-state index contributed by atoms with van der Waals surface area (Å²) < 4.78 is 1.76. The fourth-order valence-electron chi connectivity index (χ4n) is 2.01. The van der Waals surface area contributed by atoms with Gasteiger partial charge in [-0.1, -0.05) is 6.92 Å². The lowest BCUT2D eigenvalue weighted by molar-refractivity contribution is 0.0954. The van der Waals surface area contributed by atoms with E-state index in [1.54, 1.807) is 17.1 Å². The highest BCUT2D eigenvalue weighted by Gasteiger charge is 2.10. The second-order valence-corrected chi connectivity index (χ2v) is 4.88. The van der Waals surface area contributed by atoms with Crippen LogP contribution in [0.2, 0.25) is 0 Å². The van der Waals surface area contributed by atoms with Crippen molar-refractivity contribution in [2.24, 2.45) is 7.05 Å². The van der Waals surface area contributed by atoms with Crippen LogP contribution in [0.1, 0.15) is 29.3 Å². The maximum absolute atomic E-state index is 12.2. The molecule has 0 bridgehead atoms. The van der Waals surface area contributed by atoms with E-state index < -0.39 is 0 Å². The topological polar surface area (TPSA) is 71.8 Å². The molecule has 1 amide bonds. The highest BCUT2D eigenvalue weighted by Crippen LogP contribution is 2.13. The van der Waals surface area contributed by atoms with E-state index in [1.165, 1.54) is 0 Å². The zero-order chi connectivity index (χ0) is 15.1. The number of pyridine rings is 1. The van der Waals surface area contributed by atoms with E-state index >= 15 is 0 Å². The fourth-order valence-corrected chi connectivity index (χ4v) is 2.01. The number of aryl methyl sites for hydroxylation is 1. The minimum absolute atomic E-state index is 0.106. The summed E-state index contributed by atoms with van der Waals surface area (Å²) in [4.78, 5) is 16.2. The van der Waals surface area contributed by atoms with Crippen molar-refractivity contribution in [3.8, 4) is 0 Å². The van der Waals surface area contributed by atoms with Crippen molar-refractivity contribution in [1.29, 1.82) is 0 Å². The number of carbonyl (C=O) groups excluding carboxylic acids is 1. The summed E-state index contributed by atoms with van der Waals surface area (Å²) in [6.45, 7) is 3.49. The van der Waals surface area contributed by atoms with Crippen LogP contribution in [0.25, 0.3) is 0 Å². The van der Waals surface area contributed by atoms with E-state index in [0.29, 0.717) is 12.1 Å². The smallest absolute Gasteiger partial charge is 0.254 e. The molecule has 0 aliphatic rings. The van der Waals surface area contributed by atoms with E-state index in [-0.39, 0.29) is 5.91 Å². The minimum atomic E-state index is -0.106. The average Bonchev–Trinajstić information content (AvgIpc) is 2.91. The summed E-state index contributed by atoms with van der Waals surface area (Å²) >= 11 is 0. The summed E-state index contributed by atoms with van der Waals surface area (Å²) in [6.07, 6.45) is 8.80. The van der Waals surface area contributed by atoms with Gasteiger partial charge in [0.1, 0.15) is 0 Å². The molecule has 2 N–H and O–H groups in total. The van der Waals surface area contributed by atoms with Gasteiger partial charge >= 0.3 is 0 Å². The van der Waals surface area contributed by atoms with Gasteiger partial charge in [-0.2, -0.15) is 5.10 Å². The molecule has 21 heavy (non-hydrogen) atoms. The predicted octanol–water partition coefficient (Wildman–Crippen LogP) is 1.61. The summed E-state index contributed by atoms with van der Waals surface area (Å²) in [6, 6.07) is 1.83. The van der Waals surface area contributed by atoms with Crippen LogP contribution in [0.15, 0.2) is 30.9 Å². The maximum Gasteiger partial charge on any atom is 0.254 e. The lowest BCUT2D eigenvalue weighted by Gasteiger charge is -2.10. The average molecular weight is 287 g/mol. The summed E-state index contributed by atoms with van der Waals surface area (Å²) in [5.41, 5.74) is 2.51. The molecule has 0 aliphatic heterocycles. The molecular formula is C15H21N5O. The molecule has 0 fully saturated rings. The van der Waals surface area contributed by atoms with Gasteiger partial charge in [0.25, 0.3) is 5.91 Å². The molecule has 112 valence electrons. The number of anilines is 1. The molecule has 0 saturated heterocycles. The van der Waals surface area contributed by atoms with Crippen LogP contribution in [-0.4, -0.2) is 33.8 Å². The Balaban J connectivity index is 1.90. The molecule has 0 aromatic carbocycles. The molecule has 0 aliphatic carbocycles. The van der Waals surface area contributed by atoms with Gasteiger partial charge in [0.05, 0.1) is 17.4 Å². The first-order valence-electron chi connectivity index (χ1n) is 7.14. The van der Waals surface area contributed by atoms with E-state index in [1.807, 2.05) is 25.5 Å². The van der Waals surface area contributed by atoms with Gasteiger partial charge < -0.3 is 10.6 Å². The van der Waals surface area contributed by atoms with Crippen molar-refractivity contribution < 1.29 is 4.79 Å². The lowest BCUT2D eigenvalue weighted by atomic mass is 10.2. The Labute approximate surface area is 124 Å². The molecule has 2 aromatic heterocycles. The lowest BCUT2D eigenvalue weighted by Crippen LogP contribution is -2.26. The number of hydrogen-bond donors (Lipinski definition) is 2. The van der Waals surface area contributed by atoms with Gasteiger partial charge in [-0.15, -0.1) is 0 Å². The molecule has 2 heterocycles. The molecule has 6 nitrogen and oxygen atoms in total. The van der Waals surface area contributed by atoms with Crippen LogP contribution in [-0.2, 0) is 13.5 Å². The second kappa shape index (κ2) is 7.42. The van der Waals surface area contributed by atoms with Crippen molar-refractivity contribution in [1.82, 2.24) is 20.1 Å². The van der Waals surface area contributed by atoms with Crippen LogP contribution in [0.4, 0.5) is 5.69 Å². The largest absolute Gasteiger partial charge is 0.384 e. The van der Waals surface area contributed by atoms with E-state index in [0.717, 1.165) is 30.6 Å². The molecule has 6 heteroatoms. The Morgan fingerprint density at radius 1 is 1.33 bits per heavy atom. The Kier molecular flexibility index (Phi) is 5.31. The maximum atomic E-state index is 12.2. The Morgan fingerprint density at radius 2 is 2.19 bits per heavy atom. The van der Waals surface area contributed by atoms with E-state index in [9.17, 15) is 4.79 Å². The minimum Gasteiger partial charge on any atom is -0.384 e. The summed E-state index contributed by atoms with van der Waals surface area (Å²) in [5, 5.41) is 10.3. The Hall–Kier alpha value is -2.37. The van der Waals surface area contributed by atoms with Crippen LogP contribution >= 0.6 is 0 Å². The third kappa shape index (κ3) is 4.30. The Morgan fingerprint density at radius 3 is 2.90 bits per heavy atom. The van der Waals surface area contributed by atoms with Crippen molar-refractivity contribution in [2.75, 3.05) is 18.4 Å². The van der Waals surface area contributed by atoms with Crippen LogP contribution < -0.4 is 10.6 Å². The van der Waals surface area contributed by atoms with E-state index in [2.05, 4.69) is 27.6 Å². The third-order valence-electron chi connectivity index (χ3n) is 3.09. The number of nitrogens with zero attached hydrogens (tertiary/aromatic N) is 3. The third-order valence-corrected chi connectivity index (χ3v) is 3.09. The molecule has 0 spiro atoms. The molecule has 2 aromatic rings. The molecular weight excluding hydrogens is 266 g/mol.